The van der Waals surface area contributed by atoms with Crippen LogP contribution in [-0.2, 0) is 6.54 Å². The zero-order valence-corrected chi connectivity index (χ0v) is 13.1. The van der Waals surface area contributed by atoms with E-state index in [2.05, 4.69) is 24.3 Å². The average Bonchev–Trinajstić information content (AvgIpc) is 2.76. The molecule has 0 amide bonds. The predicted molar refractivity (Wildman–Crippen MR) is 80.1 cm³/mol. The lowest BCUT2D eigenvalue weighted by Gasteiger charge is -2.24. The largest absolute Gasteiger partial charge is 0.313 e. The fraction of sp³-hybridized carbons (Fsp3) is 0.786. The van der Waals surface area contributed by atoms with Crippen LogP contribution in [0.4, 0.5) is 5.69 Å². The first-order valence-corrected chi connectivity index (χ1v) is 7.42. The predicted octanol–water partition coefficient (Wildman–Crippen LogP) is 3.00. The van der Waals surface area contributed by atoms with Crippen LogP contribution in [-0.4, -0.2) is 27.3 Å². The number of nitrogens with zero attached hydrogens (tertiary/aromatic N) is 3. The normalized spacial score (nSPS) is 14.2. The van der Waals surface area contributed by atoms with Gasteiger partial charge in [-0.1, -0.05) is 20.8 Å². The minimum Gasteiger partial charge on any atom is -0.313 e. The van der Waals surface area contributed by atoms with Gasteiger partial charge in [0.15, 0.2) is 0 Å². The number of hydrogen-bond acceptors (Lipinski definition) is 4. The summed E-state index contributed by atoms with van der Waals surface area (Å²) in [7, 11) is 0. The molecule has 0 aliphatic carbocycles. The van der Waals surface area contributed by atoms with E-state index in [1.165, 1.54) is 0 Å². The second-order valence-electron chi connectivity index (χ2n) is 5.15. The van der Waals surface area contributed by atoms with E-state index in [0.29, 0.717) is 12.2 Å². The van der Waals surface area contributed by atoms with Crippen LogP contribution in [0, 0.1) is 17.0 Å². The molecule has 6 nitrogen and oxygen atoms in total. The molecule has 1 aromatic rings. The molecule has 0 aromatic carbocycles. The van der Waals surface area contributed by atoms with Gasteiger partial charge < -0.3 is 5.32 Å². The first-order valence-electron chi connectivity index (χ1n) is 7.42. The van der Waals surface area contributed by atoms with Gasteiger partial charge in [0, 0.05) is 18.5 Å². The second-order valence-corrected chi connectivity index (χ2v) is 5.15. The van der Waals surface area contributed by atoms with Gasteiger partial charge >= 0.3 is 5.69 Å². The minimum atomic E-state index is -0.299. The lowest BCUT2D eigenvalue weighted by molar-refractivity contribution is -0.386. The van der Waals surface area contributed by atoms with Crippen LogP contribution in [0.2, 0.25) is 0 Å². The summed E-state index contributed by atoms with van der Waals surface area (Å²) in [6.45, 7) is 11.5. The minimum absolute atomic E-state index is 0.0631. The number of hydrogen-bond donors (Lipinski definition) is 1. The quantitative estimate of drug-likeness (QED) is 0.587. The summed E-state index contributed by atoms with van der Waals surface area (Å²) in [5.74, 6) is 0.0631. The Balaban J connectivity index is 3.18. The fourth-order valence-electron chi connectivity index (χ4n) is 2.70. The lowest BCUT2D eigenvalue weighted by atomic mass is 9.94. The van der Waals surface area contributed by atoms with Gasteiger partial charge in [0.25, 0.3) is 0 Å². The molecule has 1 heterocycles. The molecular formula is C14H26N4O2. The highest BCUT2D eigenvalue weighted by molar-refractivity contribution is 5.43. The SMILES string of the molecule is CCCNC(CC)C(C)c1c([N+](=O)[O-])c(C)nn1CC. The summed E-state index contributed by atoms with van der Waals surface area (Å²) >= 11 is 0. The Labute approximate surface area is 120 Å². The molecule has 1 aromatic heterocycles. The molecule has 0 saturated heterocycles. The Morgan fingerprint density at radius 1 is 1.40 bits per heavy atom. The number of aromatic nitrogens is 2. The maximum absolute atomic E-state index is 11.3. The molecule has 20 heavy (non-hydrogen) atoms. The highest BCUT2D eigenvalue weighted by Gasteiger charge is 2.31. The van der Waals surface area contributed by atoms with E-state index in [-0.39, 0.29) is 22.6 Å². The average molecular weight is 282 g/mol. The Kier molecular flexibility index (Phi) is 6.13. The van der Waals surface area contributed by atoms with Crippen LogP contribution < -0.4 is 5.32 Å². The highest BCUT2D eigenvalue weighted by Crippen LogP contribution is 2.32. The van der Waals surface area contributed by atoms with Gasteiger partial charge in [-0.3, -0.25) is 14.8 Å². The fourth-order valence-corrected chi connectivity index (χ4v) is 2.70. The number of nitrogens with one attached hydrogen (secondary N) is 1. The standard InChI is InChI=1S/C14H26N4O2/c1-6-9-15-12(7-2)10(4)13-14(18(19)20)11(5)16-17(13)8-3/h10,12,15H,6-9H2,1-5H3. The summed E-state index contributed by atoms with van der Waals surface area (Å²) in [6.07, 6.45) is 1.99. The van der Waals surface area contributed by atoms with E-state index in [0.717, 1.165) is 25.1 Å². The van der Waals surface area contributed by atoms with E-state index >= 15 is 0 Å². The van der Waals surface area contributed by atoms with E-state index in [4.69, 9.17) is 0 Å². The molecule has 0 saturated carbocycles. The van der Waals surface area contributed by atoms with Crippen LogP contribution >= 0.6 is 0 Å². The number of rotatable bonds is 8. The zero-order valence-electron chi connectivity index (χ0n) is 13.1. The molecule has 2 atom stereocenters. The van der Waals surface area contributed by atoms with Crippen molar-refractivity contribution in [2.45, 2.75) is 66.0 Å². The maximum Gasteiger partial charge on any atom is 0.313 e. The van der Waals surface area contributed by atoms with Crippen molar-refractivity contribution >= 4 is 5.69 Å². The van der Waals surface area contributed by atoms with Crippen molar-refractivity contribution in [2.24, 2.45) is 0 Å². The van der Waals surface area contributed by atoms with E-state index in [1.54, 1.807) is 11.6 Å². The molecular weight excluding hydrogens is 256 g/mol. The molecule has 2 unspecified atom stereocenters. The van der Waals surface area contributed by atoms with Crippen molar-refractivity contribution in [1.82, 2.24) is 15.1 Å². The maximum atomic E-state index is 11.3. The van der Waals surface area contributed by atoms with Crippen LogP contribution in [0.3, 0.4) is 0 Å². The van der Waals surface area contributed by atoms with Gasteiger partial charge in [-0.2, -0.15) is 5.10 Å². The van der Waals surface area contributed by atoms with E-state index < -0.39 is 0 Å². The Bertz CT molecular complexity index is 456. The third kappa shape index (κ3) is 3.36. The van der Waals surface area contributed by atoms with Crippen LogP contribution in [0.5, 0.6) is 0 Å². The zero-order chi connectivity index (χ0) is 15.3. The smallest absolute Gasteiger partial charge is 0.313 e. The molecule has 0 aliphatic heterocycles. The van der Waals surface area contributed by atoms with Crippen molar-refractivity contribution in [3.05, 3.63) is 21.5 Å². The summed E-state index contributed by atoms with van der Waals surface area (Å²) in [6, 6.07) is 0.232. The first kappa shape index (κ1) is 16.6. The van der Waals surface area contributed by atoms with Crippen LogP contribution in [0.25, 0.3) is 0 Å². The van der Waals surface area contributed by atoms with E-state index in [9.17, 15) is 10.1 Å². The second kappa shape index (κ2) is 7.38. The molecule has 0 aliphatic rings. The van der Waals surface area contributed by atoms with Crippen molar-refractivity contribution in [3.63, 3.8) is 0 Å². The Morgan fingerprint density at radius 3 is 2.50 bits per heavy atom. The number of aryl methyl sites for hydroxylation is 2. The Morgan fingerprint density at radius 2 is 2.05 bits per heavy atom. The summed E-state index contributed by atoms with van der Waals surface area (Å²) in [5.41, 5.74) is 1.42. The van der Waals surface area contributed by atoms with Gasteiger partial charge in [-0.15, -0.1) is 0 Å². The molecule has 0 spiro atoms. The van der Waals surface area contributed by atoms with Gasteiger partial charge in [0.1, 0.15) is 11.4 Å². The Hall–Kier alpha value is -1.43. The third-order valence-corrected chi connectivity index (χ3v) is 3.75. The van der Waals surface area contributed by atoms with Gasteiger partial charge in [-0.25, -0.2) is 0 Å². The van der Waals surface area contributed by atoms with E-state index in [1.807, 2.05) is 13.8 Å². The van der Waals surface area contributed by atoms with Gasteiger partial charge in [-0.05, 0) is 33.2 Å². The van der Waals surface area contributed by atoms with Crippen LogP contribution in [0.15, 0.2) is 0 Å². The number of nitro groups is 1. The molecule has 0 radical (unpaired) electrons. The van der Waals surface area contributed by atoms with Gasteiger partial charge in [0.2, 0.25) is 0 Å². The van der Waals surface area contributed by atoms with Crippen molar-refractivity contribution in [1.29, 1.82) is 0 Å². The van der Waals surface area contributed by atoms with Gasteiger partial charge in [0.05, 0.1) is 4.92 Å². The molecule has 1 rings (SSSR count). The topological polar surface area (TPSA) is 73.0 Å². The van der Waals surface area contributed by atoms with Crippen LogP contribution in [0.1, 0.15) is 57.8 Å². The molecule has 1 N–H and O–H groups in total. The molecule has 0 bridgehead atoms. The molecule has 114 valence electrons. The first-order chi connectivity index (χ1) is 9.47. The molecule has 0 fully saturated rings. The summed E-state index contributed by atoms with van der Waals surface area (Å²) in [5, 5.41) is 19.1. The molecule has 6 heteroatoms. The monoisotopic (exact) mass is 282 g/mol. The highest BCUT2D eigenvalue weighted by atomic mass is 16.6. The van der Waals surface area contributed by atoms with Crippen molar-refractivity contribution in [2.75, 3.05) is 6.54 Å². The summed E-state index contributed by atoms with van der Waals surface area (Å²) in [4.78, 5) is 11.0. The van der Waals surface area contributed by atoms with Crippen molar-refractivity contribution in [3.8, 4) is 0 Å². The lowest BCUT2D eigenvalue weighted by Crippen LogP contribution is -2.35. The van der Waals surface area contributed by atoms with Crippen molar-refractivity contribution < 1.29 is 4.92 Å². The third-order valence-electron chi connectivity index (χ3n) is 3.75. The summed E-state index contributed by atoms with van der Waals surface area (Å²) < 4.78 is 1.77.